The zero-order valence-electron chi connectivity index (χ0n) is 17.1. The van der Waals surface area contributed by atoms with Crippen LogP contribution in [0.5, 0.6) is 17.2 Å². The van der Waals surface area contributed by atoms with Gasteiger partial charge in [-0.3, -0.25) is 0 Å². The van der Waals surface area contributed by atoms with E-state index in [-0.39, 0.29) is 0 Å². The molecule has 3 rings (SSSR count). The molecule has 29 heavy (non-hydrogen) atoms. The molecule has 0 amide bonds. The lowest BCUT2D eigenvalue weighted by molar-refractivity contribution is 0.379. The van der Waals surface area contributed by atoms with Gasteiger partial charge in [0.25, 0.3) is 0 Å². The van der Waals surface area contributed by atoms with Crippen LogP contribution in [0, 0.1) is 0 Å². The van der Waals surface area contributed by atoms with E-state index in [1.165, 1.54) is 0 Å². The Morgan fingerprint density at radius 2 is 0.828 bits per heavy atom. The van der Waals surface area contributed by atoms with Crippen molar-refractivity contribution in [3.05, 3.63) is 89.5 Å². The van der Waals surface area contributed by atoms with Crippen molar-refractivity contribution in [3.8, 4) is 17.2 Å². The average Bonchev–Trinajstić information content (AvgIpc) is 2.74. The summed E-state index contributed by atoms with van der Waals surface area (Å²) in [5.41, 5.74) is 3.21. The monoisotopic (exact) mass is 426 g/mol. The Kier molecular flexibility index (Phi) is 7.35. The van der Waals surface area contributed by atoms with Gasteiger partial charge in [-0.15, -0.1) is 0 Å². The van der Waals surface area contributed by atoms with Crippen LogP contribution in [0.1, 0.15) is 37.5 Å². The Balaban J connectivity index is 2.01. The Morgan fingerprint density at radius 1 is 0.552 bits per heavy atom. The van der Waals surface area contributed by atoms with Crippen molar-refractivity contribution >= 4 is 18.5 Å². The lowest BCUT2D eigenvalue weighted by atomic mass is 10.1. The van der Waals surface area contributed by atoms with Gasteiger partial charge in [-0.2, -0.15) is 0 Å². The Bertz CT molecular complexity index is 875. The van der Waals surface area contributed by atoms with Crippen molar-refractivity contribution in [2.45, 2.75) is 40.0 Å². The molecule has 0 spiro atoms. The summed E-state index contributed by atoms with van der Waals surface area (Å²) in [5.74, 6) is 2.13. The molecule has 0 saturated heterocycles. The van der Waals surface area contributed by atoms with Gasteiger partial charge in [0.15, 0.2) is 0 Å². The number of hydrogen-bond acceptors (Lipinski definition) is 4. The highest BCUT2D eigenvalue weighted by atomic mass is 32.5. The maximum atomic E-state index is 6.31. The van der Waals surface area contributed by atoms with Crippen molar-refractivity contribution in [2.24, 2.45) is 0 Å². The number of rotatable bonds is 9. The normalized spacial score (nSPS) is 11.1. The summed E-state index contributed by atoms with van der Waals surface area (Å²) in [5, 5.41) is 0. The van der Waals surface area contributed by atoms with Gasteiger partial charge in [-0.05, 0) is 54.2 Å². The lowest BCUT2D eigenvalue weighted by Gasteiger charge is -2.26. The molecule has 0 heterocycles. The highest BCUT2D eigenvalue weighted by molar-refractivity contribution is 8.08. The molecule has 5 heteroatoms. The van der Waals surface area contributed by atoms with Crippen molar-refractivity contribution in [1.29, 1.82) is 0 Å². The van der Waals surface area contributed by atoms with Crippen LogP contribution in [0.25, 0.3) is 0 Å². The first-order valence-corrected chi connectivity index (χ1v) is 12.6. The molecule has 0 aromatic heterocycles. The molecule has 0 aliphatic carbocycles. The molecule has 0 unspecified atom stereocenters. The van der Waals surface area contributed by atoms with Gasteiger partial charge >= 0.3 is 6.72 Å². The van der Waals surface area contributed by atoms with E-state index >= 15 is 0 Å². The molecule has 3 aromatic carbocycles. The molecule has 0 fully saturated rings. The van der Waals surface area contributed by atoms with E-state index < -0.39 is 6.72 Å². The van der Waals surface area contributed by atoms with E-state index in [9.17, 15) is 0 Å². The second-order valence-corrected chi connectivity index (χ2v) is 9.39. The molecule has 0 atom stereocenters. The Hall–Kier alpha value is -2.29. The van der Waals surface area contributed by atoms with E-state index in [0.29, 0.717) is 17.2 Å². The van der Waals surface area contributed by atoms with Crippen molar-refractivity contribution < 1.29 is 13.6 Å². The minimum atomic E-state index is -3.17. The molecular weight excluding hydrogens is 399 g/mol. The molecular formula is C24H27O3PS. The van der Waals surface area contributed by atoms with E-state index in [2.05, 4.69) is 20.8 Å². The highest BCUT2D eigenvalue weighted by Crippen LogP contribution is 2.52. The van der Waals surface area contributed by atoms with Crippen LogP contribution < -0.4 is 13.6 Å². The second-order valence-electron chi connectivity index (χ2n) is 6.60. The van der Waals surface area contributed by atoms with E-state index in [1.807, 2.05) is 72.8 Å². The first-order chi connectivity index (χ1) is 14.1. The van der Waals surface area contributed by atoms with Gasteiger partial charge in [-0.1, -0.05) is 75.4 Å². The first kappa shape index (κ1) is 21.4. The predicted molar refractivity (Wildman–Crippen MR) is 124 cm³/mol. The van der Waals surface area contributed by atoms with E-state index in [0.717, 1.165) is 36.0 Å². The molecule has 3 nitrogen and oxygen atoms in total. The van der Waals surface area contributed by atoms with Crippen molar-refractivity contribution in [3.63, 3.8) is 0 Å². The fraction of sp³-hybridized carbons (Fsp3) is 0.250. The second kappa shape index (κ2) is 9.96. The molecule has 0 radical (unpaired) electrons. The summed E-state index contributed by atoms with van der Waals surface area (Å²) >= 11 is 5.91. The van der Waals surface area contributed by atoms with Crippen molar-refractivity contribution in [2.75, 3.05) is 0 Å². The minimum absolute atomic E-state index is 0.710. The fourth-order valence-corrected chi connectivity index (χ4v) is 5.16. The van der Waals surface area contributed by atoms with Gasteiger partial charge < -0.3 is 13.6 Å². The molecule has 3 aromatic rings. The van der Waals surface area contributed by atoms with Crippen molar-refractivity contribution in [1.82, 2.24) is 0 Å². The topological polar surface area (TPSA) is 27.7 Å². The van der Waals surface area contributed by atoms with Crippen LogP contribution in [0.15, 0.2) is 72.8 Å². The third-order valence-corrected chi connectivity index (χ3v) is 6.62. The molecule has 0 bridgehead atoms. The molecule has 0 aliphatic heterocycles. The lowest BCUT2D eigenvalue weighted by Crippen LogP contribution is -2.10. The highest BCUT2D eigenvalue weighted by Gasteiger charge is 2.29. The van der Waals surface area contributed by atoms with Gasteiger partial charge in [0.1, 0.15) is 17.2 Å². The van der Waals surface area contributed by atoms with E-state index in [4.69, 9.17) is 25.4 Å². The Morgan fingerprint density at radius 3 is 1.10 bits per heavy atom. The number of hydrogen-bond donors (Lipinski definition) is 0. The number of benzene rings is 3. The Labute approximate surface area is 178 Å². The maximum absolute atomic E-state index is 6.31. The van der Waals surface area contributed by atoms with Gasteiger partial charge in [-0.25, -0.2) is 0 Å². The maximum Gasteiger partial charge on any atom is 0.490 e. The summed E-state index contributed by atoms with van der Waals surface area (Å²) < 4.78 is 18.9. The van der Waals surface area contributed by atoms with Gasteiger partial charge in [0, 0.05) is 11.8 Å². The van der Waals surface area contributed by atoms with Crippen LogP contribution in [-0.2, 0) is 31.1 Å². The summed E-state index contributed by atoms with van der Waals surface area (Å²) in [7, 11) is 0. The van der Waals surface area contributed by atoms with Gasteiger partial charge in [0.05, 0.1) is 0 Å². The third-order valence-electron chi connectivity index (χ3n) is 4.69. The molecule has 0 saturated carbocycles. The third kappa shape index (κ3) is 5.41. The largest absolute Gasteiger partial charge is 0.490 e. The standard InChI is InChI=1S/C24H27O3PS/c1-4-19-13-7-10-16-22(19)25-28(29,26-23-17-11-8-14-20(23)5-2)27-24-18-12-9-15-21(24)6-3/h7-18H,4-6H2,1-3H3. The van der Waals surface area contributed by atoms with Crippen LogP contribution in [-0.4, -0.2) is 0 Å². The minimum Gasteiger partial charge on any atom is -0.407 e. The summed E-state index contributed by atoms with van der Waals surface area (Å²) in [6.45, 7) is 3.10. The summed E-state index contributed by atoms with van der Waals surface area (Å²) in [4.78, 5) is 0. The zero-order valence-corrected chi connectivity index (χ0v) is 18.8. The predicted octanol–water partition coefficient (Wildman–Crippen LogP) is 7.14. The fourth-order valence-electron chi connectivity index (χ4n) is 3.07. The number of para-hydroxylation sites is 3. The summed E-state index contributed by atoms with van der Waals surface area (Å²) in [6.07, 6.45) is 2.51. The first-order valence-electron chi connectivity index (χ1n) is 10.0. The smallest absolute Gasteiger partial charge is 0.407 e. The summed E-state index contributed by atoms with van der Waals surface area (Å²) in [6, 6.07) is 23.7. The van der Waals surface area contributed by atoms with Crippen LogP contribution in [0.4, 0.5) is 0 Å². The quantitative estimate of drug-likeness (QED) is 0.340. The molecule has 152 valence electrons. The average molecular weight is 427 g/mol. The van der Waals surface area contributed by atoms with Crippen LogP contribution >= 0.6 is 6.72 Å². The van der Waals surface area contributed by atoms with Crippen LogP contribution in [0.3, 0.4) is 0 Å². The zero-order chi connectivity index (χ0) is 20.7. The SMILES string of the molecule is CCc1ccccc1OP(=S)(Oc1ccccc1CC)Oc1ccccc1CC. The molecule has 0 aliphatic rings. The number of aryl methyl sites for hydroxylation is 3. The molecule has 0 N–H and O–H groups in total. The van der Waals surface area contributed by atoms with E-state index in [1.54, 1.807) is 0 Å². The van der Waals surface area contributed by atoms with Gasteiger partial charge in [0.2, 0.25) is 0 Å². The van der Waals surface area contributed by atoms with Crippen LogP contribution in [0.2, 0.25) is 0 Å².